The number of nitrogens with zero attached hydrogens (tertiary/aromatic N) is 4. The van der Waals surface area contributed by atoms with Crippen LogP contribution in [-0.2, 0) is 24.3 Å². The molecule has 0 bridgehead atoms. The quantitative estimate of drug-likeness (QED) is 0.588. The van der Waals surface area contributed by atoms with E-state index in [-0.39, 0.29) is 24.8 Å². The van der Waals surface area contributed by atoms with Crippen molar-refractivity contribution < 1.29 is 14.6 Å². The lowest BCUT2D eigenvalue weighted by atomic mass is 10.0. The number of carbonyl (C=O) groups is 1. The number of unbranched alkanes of at least 4 members (excludes halogenated alkanes) is 1. The number of likely N-dealkylation sites (tertiary alicyclic amines) is 1. The summed E-state index contributed by atoms with van der Waals surface area (Å²) in [5, 5.41) is 8.92. The Balaban J connectivity index is 1.51. The van der Waals surface area contributed by atoms with Crippen molar-refractivity contribution in [3.8, 4) is 6.01 Å². The number of aliphatic hydroxyl groups excluding tert-OH is 1. The fourth-order valence-electron chi connectivity index (χ4n) is 4.26. The van der Waals surface area contributed by atoms with Gasteiger partial charge in [-0.2, -0.15) is 9.97 Å². The average molecular weight is 426 g/mol. The van der Waals surface area contributed by atoms with Crippen molar-refractivity contribution >= 4 is 17.4 Å². The normalized spacial score (nSPS) is 16.5. The molecule has 2 aliphatic heterocycles. The van der Waals surface area contributed by atoms with Gasteiger partial charge in [0.05, 0.1) is 13.2 Å². The lowest BCUT2D eigenvalue weighted by molar-refractivity contribution is -0.117. The molecule has 0 saturated carbocycles. The molecule has 0 aliphatic carbocycles. The maximum absolute atomic E-state index is 12.4. The van der Waals surface area contributed by atoms with Crippen LogP contribution in [0.15, 0.2) is 24.3 Å². The van der Waals surface area contributed by atoms with Crippen LogP contribution >= 0.6 is 0 Å². The molecule has 8 nitrogen and oxygen atoms in total. The Morgan fingerprint density at radius 1 is 1.10 bits per heavy atom. The van der Waals surface area contributed by atoms with E-state index in [4.69, 9.17) is 15.6 Å². The third-order valence-electron chi connectivity index (χ3n) is 5.79. The summed E-state index contributed by atoms with van der Waals surface area (Å²) in [5.41, 5.74) is 9.25. The SMILES string of the molecule is Nc1nc(OCCCCO)nc2c1CC(=O)CN2Cc1cccc(CN2CCCC2)c1. The lowest BCUT2D eigenvalue weighted by Gasteiger charge is -2.30. The van der Waals surface area contributed by atoms with Crippen molar-refractivity contribution in [2.45, 2.75) is 45.2 Å². The Morgan fingerprint density at radius 3 is 2.65 bits per heavy atom. The summed E-state index contributed by atoms with van der Waals surface area (Å²) in [7, 11) is 0. The van der Waals surface area contributed by atoms with Crippen molar-refractivity contribution in [1.82, 2.24) is 14.9 Å². The standard InChI is InChI=1S/C23H31N5O3/c24-21-20-13-19(30)16-28(22(20)26-23(25-21)31-11-4-3-10-29)15-18-7-5-6-17(12-18)14-27-8-1-2-9-27/h5-7,12,29H,1-4,8-11,13-16H2,(H2,24,25,26). The van der Waals surface area contributed by atoms with E-state index in [0.717, 1.165) is 25.2 Å². The summed E-state index contributed by atoms with van der Waals surface area (Å²) in [5.74, 6) is 1.07. The van der Waals surface area contributed by atoms with Crippen LogP contribution in [0.2, 0.25) is 0 Å². The van der Waals surface area contributed by atoms with E-state index in [1.165, 1.54) is 18.4 Å². The molecular weight excluding hydrogens is 394 g/mol. The average Bonchev–Trinajstić information content (AvgIpc) is 3.25. The summed E-state index contributed by atoms with van der Waals surface area (Å²) in [6.07, 6.45) is 4.17. The summed E-state index contributed by atoms with van der Waals surface area (Å²) >= 11 is 0. The van der Waals surface area contributed by atoms with Crippen LogP contribution in [0.4, 0.5) is 11.6 Å². The van der Waals surface area contributed by atoms with E-state index in [2.05, 4.69) is 39.1 Å². The molecule has 8 heteroatoms. The Hall–Kier alpha value is -2.71. The predicted octanol–water partition coefficient (Wildman–Crippen LogP) is 1.94. The summed E-state index contributed by atoms with van der Waals surface area (Å²) in [4.78, 5) is 25.6. The van der Waals surface area contributed by atoms with Gasteiger partial charge in [0.25, 0.3) is 0 Å². The smallest absolute Gasteiger partial charge is 0.320 e. The van der Waals surface area contributed by atoms with Crippen LogP contribution in [-0.4, -0.2) is 58.6 Å². The highest BCUT2D eigenvalue weighted by Crippen LogP contribution is 2.30. The minimum atomic E-state index is 0.104. The number of hydrogen-bond donors (Lipinski definition) is 2. The fraction of sp³-hybridized carbons (Fsp3) is 0.522. The van der Waals surface area contributed by atoms with Crippen molar-refractivity contribution in [2.75, 3.05) is 43.5 Å². The molecule has 2 aliphatic rings. The molecule has 0 radical (unpaired) electrons. The first-order valence-corrected chi connectivity index (χ1v) is 11.1. The largest absolute Gasteiger partial charge is 0.463 e. The maximum Gasteiger partial charge on any atom is 0.320 e. The number of hydrogen-bond acceptors (Lipinski definition) is 8. The Kier molecular flexibility index (Phi) is 6.99. The Bertz CT molecular complexity index is 914. The van der Waals surface area contributed by atoms with Gasteiger partial charge >= 0.3 is 6.01 Å². The highest BCUT2D eigenvalue weighted by molar-refractivity contribution is 5.91. The van der Waals surface area contributed by atoms with Crippen LogP contribution in [0.25, 0.3) is 0 Å². The zero-order chi connectivity index (χ0) is 21.6. The van der Waals surface area contributed by atoms with Crippen LogP contribution in [0.3, 0.4) is 0 Å². The highest BCUT2D eigenvalue weighted by atomic mass is 16.5. The first-order chi connectivity index (χ1) is 15.1. The fourth-order valence-corrected chi connectivity index (χ4v) is 4.26. The van der Waals surface area contributed by atoms with Gasteiger partial charge in [-0.05, 0) is 49.9 Å². The number of benzene rings is 1. The van der Waals surface area contributed by atoms with Gasteiger partial charge in [0, 0.05) is 31.7 Å². The van der Waals surface area contributed by atoms with Gasteiger partial charge in [-0.15, -0.1) is 0 Å². The molecule has 1 saturated heterocycles. The van der Waals surface area contributed by atoms with Crippen LogP contribution in [0, 0.1) is 0 Å². The molecular formula is C23H31N5O3. The van der Waals surface area contributed by atoms with Gasteiger partial charge in [0.2, 0.25) is 0 Å². The Morgan fingerprint density at radius 2 is 1.87 bits per heavy atom. The number of fused-ring (bicyclic) bond motifs is 1. The number of ether oxygens (including phenoxy) is 1. The number of nitrogens with two attached hydrogens (primary N) is 1. The van der Waals surface area contributed by atoms with E-state index >= 15 is 0 Å². The first-order valence-electron chi connectivity index (χ1n) is 11.1. The van der Waals surface area contributed by atoms with Gasteiger partial charge in [-0.1, -0.05) is 24.3 Å². The molecule has 166 valence electrons. The van der Waals surface area contributed by atoms with E-state index in [1.807, 2.05) is 4.90 Å². The molecule has 1 fully saturated rings. The predicted molar refractivity (Wildman–Crippen MR) is 119 cm³/mol. The number of nitrogen functional groups attached to an aromatic ring is 1. The van der Waals surface area contributed by atoms with Gasteiger partial charge in [0.1, 0.15) is 11.6 Å². The second-order valence-electron chi connectivity index (χ2n) is 8.35. The van der Waals surface area contributed by atoms with Crippen LogP contribution in [0.5, 0.6) is 6.01 Å². The summed E-state index contributed by atoms with van der Waals surface area (Å²) in [6, 6.07) is 8.76. The molecule has 0 unspecified atom stereocenters. The summed E-state index contributed by atoms with van der Waals surface area (Å²) in [6.45, 7) is 4.70. The monoisotopic (exact) mass is 425 g/mol. The summed E-state index contributed by atoms with van der Waals surface area (Å²) < 4.78 is 5.64. The van der Waals surface area contributed by atoms with Gasteiger partial charge in [0.15, 0.2) is 5.78 Å². The molecule has 3 heterocycles. The molecule has 0 amide bonds. The van der Waals surface area contributed by atoms with Gasteiger partial charge in [-0.25, -0.2) is 0 Å². The maximum atomic E-state index is 12.4. The third kappa shape index (κ3) is 5.51. The zero-order valence-electron chi connectivity index (χ0n) is 17.9. The molecule has 2 aromatic rings. The molecule has 1 aromatic carbocycles. The van der Waals surface area contributed by atoms with Crippen molar-refractivity contribution in [3.05, 3.63) is 41.0 Å². The zero-order valence-corrected chi connectivity index (χ0v) is 17.9. The molecule has 1 aromatic heterocycles. The Labute approximate surface area is 183 Å². The number of carbonyl (C=O) groups excluding carboxylic acids is 1. The minimum absolute atomic E-state index is 0.104. The van der Waals surface area contributed by atoms with E-state index in [1.54, 1.807) is 0 Å². The number of Topliss-reactive ketones (excluding diaryl/α,β-unsaturated/α-hetero) is 1. The second-order valence-corrected chi connectivity index (χ2v) is 8.35. The van der Waals surface area contributed by atoms with Crippen molar-refractivity contribution in [1.29, 1.82) is 0 Å². The molecule has 0 atom stereocenters. The number of aromatic nitrogens is 2. The molecule has 0 spiro atoms. The van der Waals surface area contributed by atoms with Gasteiger partial charge < -0.3 is 20.5 Å². The van der Waals surface area contributed by atoms with Crippen LogP contribution in [0.1, 0.15) is 42.4 Å². The molecule has 3 N–H and O–H groups in total. The first kappa shape index (κ1) is 21.5. The minimum Gasteiger partial charge on any atom is -0.463 e. The third-order valence-corrected chi connectivity index (χ3v) is 5.79. The van der Waals surface area contributed by atoms with E-state index in [9.17, 15) is 4.79 Å². The molecule has 4 rings (SSSR count). The number of ketones is 1. The topological polar surface area (TPSA) is 105 Å². The van der Waals surface area contributed by atoms with Crippen molar-refractivity contribution in [3.63, 3.8) is 0 Å². The second kappa shape index (κ2) is 10.1. The highest BCUT2D eigenvalue weighted by Gasteiger charge is 2.28. The molecule has 31 heavy (non-hydrogen) atoms. The van der Waals surface area contributed by atoms with Gasteiger partial charge in [-0.3, -0.25) is 9.69 Å². The lowest BCUT2D eigenvalue weighted by Crippen LogP contribution is -2.36. The number of rotatable bonds is 9. The number of anilines is 2. The van der Waals surface area contributed by atoms with Crippen molar-refractivity contribution in [2.24, 2.45) is 0 Å². The van der Waals surface area contributed by atoms with Crippen LogP contribution < -0.4 is 15.4 Å². The van der Waals surface area contributed by atoms with E-state index < -0.39 is 0 Å². The van der Waals surface area contributed by atoms with E-state index in [0.29, 0.717) is 49.7 Å². The number of aliphatic hydroxyl groups is 1.